The van der Waals surface area contributed by atoms with Crippen LogP contribution in [0.4, 0.5) is 4.39 Å². The van der Waals surface area contributed by atoms with Crippen LogP contribution in [-0.4, -0.2) is 31.1 Å². The van der Waals surface area contributed by atoms with Crippen LogP contribution in [0.5, 0.6) is 0 Å². The molecule has 1 N–H and O–H groups in total. The summed E-state index contributed by atoms with van der Waals surface area (Å²) in [5.41, 5.74) is 1.03. The number of likely N-dealkylation sites (N-methyl/N-ethyl adjacent to an activating group) is 1. The van der Waals surface area contributed by atoms with Crippen LogP contribution in [-0.2, 0) is 6.54 Å². The quantitative estimate of drug-likeness (QED) is 0.783. The van der Waals surface area contributed by atoms with Gasteiger partial charge in [-0.1, -0.05) is 39.8 Å². The molecule has 20 heavy (non-hydrogen) atoms. The van der Waals surface area contributed by atoms with E-state index in [9.17, 15) is 4.39 Å². The van der Waals surface area contributed by atoms with Crippen molar-refractivity contribution in [2.45, 2.75) is 40.3 Å². The standard InChI is InChI=1S/C17H29FN2/c1-13(2)10-19-11-17(14(3)4)20(5)12-15-7-6-8-16(18)9-15/h6-9,13-14,17,19H,10-12H2,1-5H3. The number of hydrogen-bond acceptors (Lipinski definition) is 2. The van der Waals surface area contributed by atoms with Crippen molar-refractivity contribution in [1.29, 1.82) is 0 Å². The van der Waals surface area contributed by atoms with E-state index in [1.807, 2.05) is 6.07 Å². The van der Waals surface area contributed by atoms with Crippen molar-refractivity contribution in [1.82, 2.24) is 10.2 Å². The molecule has 0 aliphatic rings. The van der Waals surface area contributed by atoms with E-state index in [0.29, 0.717) is 17.9 Å². The summed E-state index contributed by atoms with van der Waals surface area (Å²) in [6.07, 6.45) is 0. The largest absolute Gasteiger partial charge is 0.315 e. The van der Waals surface area contributed by atoms with E-state index in [2.05, 4.69) is 45.0 Å². The molecule has 2 nitrogen and oxygen atoms in total. The summed E-state index contributed by atoms with van der Waals surface area (Å²) in [4.78, 5) is 2.31. The molecule has 0 saturated carbocycles. The fourth-order valence-electron chi connectivity index (χ4n) is 2.46. The van der Waals surface area contributed by atoms with Crippen LogP contribution in [0.2, 0.25) is 0 Å². The molecule has 0 amide bonds. The number of nitrogens with zero attached hydrogens (tertiary/aromatic N) is 1. The SMILES string of the molecule is CC(C)CNCC(C(C)C)N(C)Cc1cccc(F)c1. The van der Waals surface area contributed by atoms with Crippen LogP contribution in [0.1, 0.15) is 33.3 Å². The summed E-state index contributed by atoms with van der Waals surface area (Å²) in [6, 6.07) is 7.33. The van der Waals surface area contributed by atoms with Gasteiger partial charge in [0.05, 0.1) is 0 Å². The Labute approximate surface area is 123 Å². The van der Waals surface area contributed by atoms with Crippen LogP contribution in [0, 0.1) is 17.7 Å². The first kappa shape index (κ1) is 17.1. The lowest BCUT2D eigenvalue weighted by molar-refractivity contribution is 0.178. The fraction of sp³-hybridized carbons (Fsp3) is 0.647. The minimum absolute atomic E-state index is 0.157. The molecule has 0 radical (unpaired) electrons. The lowest BCUT2D eigenvalue weighted by atomic mass is 10.0. The molecule has 0 spiro atoms. The Morgan fingerprint density at radius 1 is 1.15 bits per heavy atom. The second kappa shape index (κ2) is 8.38. The van der Waals surface area contributed by atoms with Gasteiger partial charge in [-0.05, 0) is 43.1 Å². The maximum absolute atomic E-state index is 13.2. The third-order valence-corrected chi connectivity index (χ3v) is 3.56. The normalized spacial score (nSPS) is 13.4. The van der Waals surface area contributed by atoms with Gasteiger partial charge in [-0.15, -0.1) is 0 Å². The summed E-state index contributed by atoms with van der Waals surface area (Å²) in [5, 5.41) is 3.53. The van der Waals surface area contributed by atoms with Gasteiger partial charge in [0.25, 0.3) is 0 Å². The molecule has 1 atom stereocenters. The highest BCUT2D eigenvalue weighted by Crippen LogP contribution is 2.13. The minimum Gasteiger partial charge on any atom is -0.315 e. The molecule has 0 saturated heterocycles. The predicted molar refractivity (Wildman–Crippen MR) is 84.2 cm³/mol. The van der Waals surface area contributed by atoms with Crippen molar-refractivity contribution in [3.8, 4) is 0 Å². The number of benzene rings is 1. The molecule has 0 aromatic heterocycles. The van der Waals surface area contributed by atoms with Gasteiger partial charge in [0.15, 0.2) is 0 Å². The molecule has 1 rings (SSSR count). The van der Waals surface area contributed by atoms with Crippen molar-refractivity contribution < 1.29 is 4.39 Å². The lowest BCUT2D eigenvalue weighted by Gasteiger charge is -2.32. The fourth-order valence-corrected chi connectivity index (χ4v) is 2.46. The van der Waals surface area contributed by atoms with E-state index in [0.717, 1.165) is 25.2 Å². The first-order valence-corrected chi connectivity index (χ1v) is 7.55. The zero-order valence-electron chi connectivity index (χ0n) is 13.5. The van der Waals surface area contributed by atoms with Crippen molar-refractivity contribution in [3.05, 3.63) is 35.6 Å². The topological polar surface area (TPSA) is 15.3 Å². The number of rotatable bonds is 8. The van der Waals surface area contributed by atoms with Gasteiger partial charge in [-0.3, -0.25) is 4.90 Å². The molecule has 0 aliphatic heterocycles. The smallest absolute Gasteiger partial charge is 0.123 e. The summed E-state index contributed by atoms with van der Waals surface area (Å²) in [6.45, 7) is 11.7. The molecule has 3 heteroatoms. The van der Waals surface area contributed by atoms with Crippen LogP contribution >= 0.6 is 0 Å². The third-order valence-electron chi connectivity index (χ3n) is 3.56. The maximum Gasteiger partial charge on any atom is 0.123 e. The van der Waals surface area contributed by atoms with Gasteiger partial charge >= 0.3 is 0 Å². The zero-order chi connectivity index (χ0) is 15.1. The average molecular weight is 280 g/mol. The molecule has 0 bridgehead atoms. The maximum atomic E-state index is 13.2. The van der Waals surface area contributed by atoms with Gasteiger partial charge < -0.3 is 5.32 Å². The molecule has 1 aromatic carbocycles. The first-order valence-electron chi connectivity index (χ1n) is 7.55. The Bertz CT molecular complexity index is 390. The summed E-state index contributed by atoms with van der Waals surface area (Å²) >= 11 is 0. The second-order valence-corrected chi connectivity index (χ2v) is 6.41. The van der Waals surface area contributed by atoms with Crippen molar-refractivity contribution in [2.24, 2.45) is 11.8 Å². The molecule has 0 heterocycles. The van der Waals surface area contributed by atoms with E-state index in [1.165, 1.54) is 6.07 Å². The lowest BCUT2D eigenvalue weighted by Crippen LogP contribution is -2.43. The van der Waals surface area contributed by atoms with Gasteiger partial charge in [0.1, 0.15) is 5.82 Å². The minimum atomic E-state index is -0.157. The van der Waals surface area contributed by atoms with Crippen LogP contribution in [0.3, 0.4) is 0 Å². The Hall–Kier alpha value is -0.930. The van der Waals surface area contributed by atoms with Gasteiger partial charge in [-0.2, -0.15) is 0 Å². The molecule has 1 aromatic rings. The van der Waals surface area contributed by atoms with E-state index in [4.69, 9.17) is 0 Å². The van der Waals surface area contributed by atoms with Gasteiger partial charge in [-0.25, -0.2) is 4.39 Å². The molecular formula is C17H29FN2. The zero-order valence-corrected chi connectivity index (χ0v) is 13.5. The van der Waals surface area contributed by atoms with E-state index in [1.54, 1.807) is 12.1 Å². The molecule has 0 fully saturated rings. The predicted octanol–water partition coefficient (Wildman–Crippen LogP) is 3.53. The highest BCUT2D eigenvalue weighted by atomic mass is 19.1. The molecule has 0 aliphatic carbocycles. The average Bonchev–Trinajstić information content (AvgIpc) is 2.33. The third kappa shape index (κ3) is 6.02. The van der Waals surface area contributed by atoms with Crippen LogP contribution < -0.4 is 5.32 Å². The summed E-state index contributed by atoms with van der Waals surface area (Å²) < 4.78 is 13.2. The van der Waals surface area contributed by atoms with E-state index < -0.39 is 0 Å². The van der Waals surface area contributed by atoms with Crippen LogP contribution in [0.15, 0.2) is 24.3 Å². The summed E-state index contributed by atoms with van der Waals surface area (Å²) in [5.74, 6) is 1.07. The number of hydrogen-bond donors (Lipinski definition) is 1. The van der Waals surface area contributed by atoms with Gasteiger partial charge in [0.2, 0.25) is 0 Å². The Morgan fingerprint density at radius 3 is 2.40 bits per heavy atom. The first-order chi connectivity index (χ1) is 9.40. The molecule has 114 valence electrons. The number of nitrogens with one attached hydrogen (secondary N) is 1. The molecule has 1 unspecified atom stereocenters. The van der Waals surface area contributed by atoms with Crippen molar-refractivity contribution >= 4 is 0 Å². The summed E-state index contributed by atoms with van der Waals surface area (Å²) in [7, 11) is 2.12. The van der Waals surface area contributed by atoms with Crippen molar-refractivity contribution in [3.63, 3.8) is 0 Å². The number of halogens is 1. The highest BCUT2D eigenvalue weighted by molar-refractivity contribution is 5.16. The van der Waals surface area contributed by atoms with Crippen LogP contribution in [0.25, 0.3) is 0 Å². The monoisotopic (exact) mass is 280 g/mol. The van der Waals surface area contributed by atoms with E-state index in [-0.39, 0.29) is 5.82 Å². The Kier molecular flexibility index (Phi) is 7.17. The Balaban J connectivity index is 2.57. The van der Waals surface area contributed by atoms with Gasteiger partial charge in [0, 0.05) is 19.1 Å². The van der Waals surface area contributed by atoms with Crippen molar-refractivity contribution in [2.75, 3.05) is 20.1 Å². The second-order valence-electron chi connectivity index (χ2n) is 6.41. The molecular weight excluding hydrogens is 251 g/mol. The highest BCUT2D eigenvalue weighted by Gasteiger charge is 2.18. The Morgan fingerprint density at radius 2 is 1.85 bits per heavy atom. The van der Waals surface area contributed by atoms with E-state index >= 15 is 0 Å².